The number of anilines is 4. The number of aromatic nitrogens is 2. The molecule has 3 rings (SSSR count). The number of ether oxygens (including phenoxy) is 1. The van der Waals surface area contributed by atoms with Gasteiger partial charge < -0.3 is 15.4 Å². The summed E-state index contributed by atoms with van der Waals surface area (Å²) in [4.78, 5) is 33.2. The molecule has 30 heavy (non-hydrogen) atoms. The number of amides is 2. The summed E-state index contributed by atoms with van der Waals surface area (Å²) in [5, 5.41) is 8.51. The van der Waals surface area contributed by atoms with Crippen molar-refractivity contribution in [2.45, 2.75) is 26.4 Å². The van der Waals surface area contributed by atoms with Crippen LogP contribution in [0.25, 0.3) is 0 Å². The minimum Gasteiger partial charge on any atom is -0.444 e. The molecule has 0 aliphatic rings. The number of hydrogen-bond donors (Lipinski definition) is 3. The summed E-state index contributed by atoms with van der Waals surface area (Å²) in [7, 11) is 0. The van der Waals surface area contributed by atoms with Crippen LogP contribution in [-0.2, 0) is 4.74 Å². The molecular formula is C22H23N5O3. The van der Waals surface area contributed by atoms with Crippen LogP contribution >= 0.6 is 0 Å². The first-order chi connectivity index (χ1) is 14.3. The first kappa shape index (κ1) is 20.8. The third-order valence-corrected chi connectivity index (χ3v) is 3.67. The van der Waals surface area contributed by atoms with Gasteiger partial charge in [-0.25, -0.2) is 9.78 Å². The van der Waals surface area contributed by atoms with E-state index in [-0.39, 0.29) is 11.5 Å². The maximum atomic E-state index is 12.7. The molecule has 2 heterocycles. The lowest BCUT2D eigenvalue weighted by Gasteiger charge is -2.19. The molecule has 0 saturated heterocycles. The first-order valence-corrected chi connectivity index (χ1v) is 9.34. The molecule has 0 spiro atoms. The molecule has 3 N–H and O–H groups in total. The Morgan fingerprint density at radius 1 is 0.900 bits per heavy atom. The molecule has 0 aliphatic carbocycles. The third-order valence-electron chi connectivity index (χ3n) is 3.67. The van der Waals surface area contributed by atoms with Crippen LogP contribution in [0.2, 0.25) is 0 Å². The Labute approximate surface area is 174 Å². The van der Waals surface area contributed by atoms with Crippen molar-refractivity contribution in [2.75, 3.05) is 16.0 Å². The van der Waals surface area contributed by atoms with Gasteiger partial charge in [-0.3, -0.25) is 15.1 Å². The quantitative estimate of drug-likeness (QED) is 0.562. The topological polar surface area (TPSA) is 105 Å². The van der Waals surface area contributed by atoms with Gasteiger partial charge in [-0.15, -0.1) is 0 Å². The highest BCUT2D eigenvalue weighted by atomic mass is 16.6. The number of carbonyl (C=O) groups excluding carboxylic acids is 2. The van der Waals surface area contributed by atoms with E-state index in [2.05, 4.69) is 25.9 Å². The van der Waals surface area contributed by atoms with Gasteiger partial charge in [-0.2, -0.15) is 0 Å². The Kier molecular flexibility index (Phi) is 6.26. The Bertz CT molecular complexity index is 1020. The van der Waals surface area contributed by atoms with Crippen LogP contribution in [-0.4, -0.2) is 27.6 Å². The Morgan fingerprint density at radius 3 is 2.30 bits per heavy atom. The minimum absolute atomic E-state index is 0.124. The van der Waals surface area contributed by atoms with Crippen LogP contribution < -0.4 is 16.0 Å². The van der Waals surface area contributed by atoms with Gasteiger partial charge in [0.2, 0.25) is 0 Å². The molecule has 0 fully saturated rings. The van der Waals surface area contributed by atoms with Gasteiger partial charge in [-0.05, 0) is 51.1 Å². The fraction of sp³-hybridized carbons (Fsp3) is 0.182. The number of nitrogens with one attached hydrogen (secondary N) is 3. The number of benzene rings is 1. The van der Waals surface area contributed by atoms with Crippen molar-refractivity contribution < 1.29 is 14.3 Å². The molecule has 0 saturated carbocycles. The second-order valence-electron chi connectivity index (χ2n) is 7.44. The predicted octanol–water partition coefficient (Wildman–Crippen LogP) is 4.82. The van der Waals surface area contributed by atoms with E-state index in [1.807, 2.05) is 24.3 Å². The molecule has 0 atom stereocenters. The summed E-state index contributed by atoms with van der Waals surface area (Å²) in [6.07, 6.45) is 2.64. The maximum Gasteiger partial charge on any atom is 0.413 e. The van der Waals surface area contributed by atoms with E-state index in [0.29, 0.717) is 11.4 Å². The molecule has 2 amide bonds. The predicted molar refractivity (Wildman–Crippen MR) is 116 cm³/mol. The van der Waals surface area contributed by atoms with Crippen molar-refractivity contribution in [3.05, 3.63) is 72.7 Å². The van der Waals surface area contributed by atoms with E-state index in [9.17, 15) is 9.59 Å². The van der Waals surface area contributed by atoms with E-state index in [4.69, 9.17) is 4.74 Å². The average Bonchev–Trinajstić information content (AvgIpc) is 2.68. The normalized spacial score (nSPS) is 10.8. The second-order valence-corrected chi connectivity index (χ2v) is 7.44. The lowest BCUT2D eigenvalue weighted by atomic mass is 10.2. The zero-order chi connectivity index (χ0) is 21.6. The molecule has 0 radical (unpaired) electrons. The Balaban J connectivity index is 1.87. The molecule has 0 bridgehead atoms. The molecule has 0 unspecified atom stereocenters. The van der Waals surface area contributed by atoms with E-state index in [1.54, 1.807) is 63.5 Å². The van der Waals surface area contributed by atoms with Crippen LogP contribution in [0.5, 0.6) is 0 Å². The highest BCUT2D eigenvalue weighted by molar-refractivity contribution is 6.04. The van der Waals surface area contributed by atoms with Crippen LogP contribution in [0.4, 0.5) is 27.7 Å². The Hall–Kier alpha value is -3.94. The van der Waals surface area contributed by atoms with E-state index in [0.717, 1.165) is 5.69 Å². The molecule has 0 aliphatic heterocycles. The largest absolute Gasteiger partial charge is 0.444 e. The highest BCUT2D eigenvalue weighted by Crippen LogP contribution is 2.21. The van der Waals surface area contributed by atoms with E-state index in [1.165, 1.54) is 0 Å². The van der Waals surface area contributed by atoms with Crippen LogP contribution in [0.1, 0.15) is 31.3 Å². The summed E-state index contributed by atoms with van der Waals surface area (Å²) in [6, 6.07) is 15.9. The maximum absolute atomic E-state index is 12.7. The van der Waals surface area contributed by atoms with Crippen molar-refractivity contribution in [3.8, 4) is 0 Å². The molecule has 1 aromatic carbocycles. The van der Waals surface area contributed by atoms with Crippen LogP contribution in [0.15, 0.2) is 67.0 Å². The van der Waals surface area contributed by atoms with Gasteiger partial charge in [0.15, 0.2) is 0 Å². The summed E-state index contributed by atoms with van der Waals surface area (Å²) in [6.45, 7) is 5.29. The Morgan fingerprint density at radius 2 is 1.63 bits per heavy atom. The van der Waals surface area contributed by atoms with Gasteiger partial charge >= 0.3 is 6.09 Å². The van der Waals surface area contributed by atoms with Crippen LogP contribution in [0.3, 0.4) is 0 Å². The van der Waals surface area contributed by atoms with E-state index < -0.39 is 17.6 Å². The first-order valence-electron chi connectivity index (χ1n) is 9.34. The molecule has 3 aromatic rings. The molecular weight excluding hydrogens is 382 g/mol. The van der Waals surface area contributed by atoms with E-state index >= 15 is 0 Å². The third kappa shape index (κ3) is 6.30. The lowest BCUT2D eigenvalue weighted by molar-refractivity contribution is 0.0635. The smallest absolute Gasteiger partial charge is 0.413 e. The van der Waals surface area contributed by atoms with Gasteiger partial charge in [0.05, 0.1) is 11.9 Å². The van der Waals surface area contributed by atoms with Gasteiger partial charge in [-0.1, -0.05) is 18.2 Å². The van der Waals surface area contributed by atoms with Crippen molar-refractivity contribution in [3.63, 3.8) is 0 Å². The summed E-state index contributed by atoms with van der Waals surface area (Å²) in [5.74, 6) is -0.236. The van der Waals surface area contributed by atoms with Crippen molar-refractivity contribution in [2.24, 2.45) is 0 Å². The molecule has 8 heteroatoms. The molecule has 154 valence electrons. The summed E-state index contributed by atoms with van der Waals surface area (Å²) >= 11 is 0. The monoisotopic (exact) mass is 405 g/mol. The van der Waals surface area contributed by atoms with Gasteiger partial charge in [0.1, 0.15) is 17.1 Å². The molecule has 8 nitrogen and oxygen atoms in total. The second kappa shape index (κ2) is 9.04. The number of nitrogens with zero attached hydrogens (tertiary/aromatic N) is 2. The van der Waals surface area contributed by atoms with Crippen molar-refractivity contribution in [1.82, 2.24) is 9.97 Å². The number of para-hydroxylation sites is 1. The fourth-order valence-electron chi connectivity index (χ4n) is 2.51. The van der Waals surface area contributed by atoms with Gasteiger partial charge in [0, 0.05) is 23.6 Å². The van der Waals surface area contributed by atoms with Crippen LogP contribution in [0, 0.1) is 0 Å². The average molecular weight is 405 g/mol. The fourth-order valence-corrected chi connectivity index (χ4v) is 2.51. The SMILES string of the molecule is CC(C)(C)OC(=O)Nc1cc(Nc2cccnc2)cc(C(=O)Nc2ccccc2)n1. The highest BCUT2D eigenvalue weighted by Gasteiger charge is 2.18. The van der Waals surface area contributed by atoms with Crippen molar-refractivity contribution in [1.29, 1.82) is 0 Å². The minimum atomic E-state index is -0.664. The number of hydrogen-bond acceptors (Lipinski definition) is 6. The number of pyridine rings is 2. The standard InChI is InChI=1S/C22H23N5O3/c1-22(2,3)30-21(29)27-19-13-17(24-16-10-7-11-23-14-16)12-18(26-19)20(28)25-15-8-5-4-6-9-15/h4-14H,1-3H3,(H,25,28)(H2,24,26,27,29). The number of carbonyl (C=O) groups is 2. The zero-order valence-corrected chi connectivity index (χ0v) is 17.0. The van der Waals surface area contributed by atoms with Crippen molar-refractivity contribution >= 4 is 34.9 Å². The summed E-state index contributed by atoms with van der Waals surface area (Å²) < 4.78 is 5.27. The molecule has 2 aromatic heterocycles. The van der Waals surface area contributed by atoms with Gasteiger partial charge in [0.25, 0.3) is 5.91 Å². The summed E-state index contributed by atoms with van der Waals surface area (Å²) in [5.41, 5.74) is 1.38. The number of rotatable bonds is 5. The zero-order valence-electron chi connectivity index (χ0n) is 17.0. The lowest BCUT2D eigenvalue weighted by Crippen LogP contribution is -2.27.